The Labute approximate surface area is 106 Å². The first-order valence-electron chi connectivity index (χ1n) is 7.11. The van der Waals surface area contributed by atoms with Gasteiger partial charge in [0.1, 0.15) is 5.76 Å². The van der Waals surface area contributed by atoms with Gasteiger partial charge in [0.15, 0.2) is 0 Å². The van der Waals surface area contributed by atoms with E-state index in [1.165, 1.54) is 51.4 Å². The monoisotopic (exact) mass is 234 g/mol. The van der Waals surface area contributed by atoms with E-state index < -0.39 is 0 Å². The molecule has 1 aromatic rings. The zero-order valence-corrected chi connectivity index (χ0v) is 11.2. The molecule has 1 heteroatoms. The molecule has 0 aliphatic rings. The summed E-state index contributed by atoms with van der Waals surface area (Å²) in [5.74, 6) is 1.12. The summed E-state index contributed by atoms with van der Waals surface area (Å²) in [6.07, 6.45) is 18.0. The standard InChI is InChI=1S/C16H26O/c1-2-3-4-5-6-7-8-9-10-11-13-16-14-12-15-17-16/h7-8,12,14-15H,2-6,9-11,13H2,1H3/b8-7-. The molecule has 0 aliphatic heterocycles. The van der Waals surface area contributed by atoms with Crippen molar-refractivity contribution in [3.8, 4) is 0 Å². The summed E-state index contributed by atoms with van der Waals surface area (Å²) in [7, 11) is 0. The molecule has 1 nitrogen and oxygen atoms in total. The summed E-state index contributed by atoms with van der Waals surface area (Å²) in [6, 6.07) is 4.02. The molecule has 0 amide bonds. The maximum atomic E-state index is 5.30. The molecule has 0 N–H and O–H groups in total. The van der Waals surface area contributed by atoms with Crippen LogP contribution in [0.4, 0.5) is 0 Å². The van der Waals surface area contributed by atoms with E-state index in [4.69, 9.17) is 4.42 Å². The summed E-state index contributed by atoms with van der Waals surface area (Å²) in [6.45, 7) is 2.26. The smallest absolute Gasteiger partial charge is 0.103 e. The molecule has 0 fully saturated rings. The highest BCUT2D eigenvalue weighted by atomic mass is 16.3. The fourth-order valence-electron chi connectivity index (χ4n) is 1.94. The number of hydrogen-bond donors (Lipinski definition) is 0. The van der Waals surface area contributed by atoms with Crippen molar-refractivity contribution in [3.63, 3.8) is 0 Å². The van der Waals surface area contributed by atoms with Gasteiger partial charge < -0.3 is 4.42 Å². The molecule has 0 aromatic carbocycles. The molecule has 96 valence electrons. The Balaban J connectivity index is 1.85. The molecule has 0 saturated heterocycles. The van der Waals surface area contributed by atoms with Crippen molar-refractivity contribution in [1.29, 1.82) is 0 Å². The number of furan rings is 1. The van der Waals surface area contributed by atoms with Crippen LogP contribution in [0.15, 0.2) is 35.0 Å². The molecule has 1 rings (SSSR count). The van der Waals surface area contributed by atoms with Gasteiger partial charge >= 0.3 is 0 Å². The average Bonchev–Trinajstić information content (AvgIpc) is 2.85. The van der Waals surface area contributed by atoms with Crippen LogP contribution in [-0.2, 0) is 6.42 Å². The van der Waals surface area contributed by atoms with E-state index in [1.54, 1.807) is 6.26 Å². The number of unbranched alkanes of at least 4 members (excludes halogenated alkanes) is 6. The van der Waals surface area contributed by atoms with Gasteiger partial charge in [0.05, 0.1) is 6.26 Å². The summed E-state index contributed by atoms with van der Waals surface area (Å²) >= 11 is 0. The molecule has 17 heavy (non-hydrogen) atoms. The van der Waals surface area contributed by atoms with E-state index in [1.807, 2.05) is 6.07 Å². The molecule has 1 aromatic heterocycles. The normalized spacial score (nSPS) is 11.4. The molecule has 0 saturated carbocycles. The van der Waals surface area contributed by atoms with E-state index in [0.29, 0.717) is 0 Å². The minimum Gasteiger partial charge on any atom is -0.469 e. The third kappa shape index (κ3) is 7.84. The van der Waals surface area contributed by atoms with Gasteiger partial charge in [0, 0.05) is 6.42 Å². The first-order chi connectivity index (χ1) is 8.43. The molecule has 1 heterocycles. The van der Waals surface area contributed by atoms with Gasteiger partial charge in [-0.1, -0.05) is 38.3 Å². The average molecular weight is 234 g/mol. The van der Waals surface area contributed by atoms with Crippen molar-refractivity contribution in [2.24, 2.45) is 0 Å². The van der Waals surface area contributed by atoms with Crippen LogP contribution in [0.5, 0.6) is 0 Å². The quantitative estimate of drug-likeness (QED) is 0.384. The Morgan fingerprint density at radius 2 is 1.76 bits per heavy atom. The largest absolute Gasteiger partial charge is 0.469 e. The van der Waals surface area contributed by atoms with Gasteiger partial charge in [-0.2, -0.15) is 0 Å². The third-order valence-corrected chi connectivity index (χ3v) is 3.02. The maximum Gasteiger partial charge on any atom is 0.103 e. The van der Waals surface area contributed by atoms with Crippen LogP contribution in [-0.4, -0.2) is 0 Å². The zero-order valence-electron chi connectivity index (χ0n) is 11.2. The van der Waals surface area contributed by atoms with E-state index in [-0.39, 0.29) is 0 Å². The number of hydrogen-bond acceptors (Lipinski definition) is 1. The minimum absolute atomic E-state index is 1.08. The third-order valence-electron chi connectivity index (χ3n) is 3.02. The predicted molar refractivity (Wildman–Crippen MR) is 74.2 cm³/mol. The van der Waals surface area contributed by atoms with Crippen molar-refractivity contribution < 1.29 is 4.42 Å². The van der Waals surface area contributed by atoms with Crippen LogP contribution in [0.25, 0.3) is 0 Å². The second-order valence-corrected chi connectivity index (χ2v) is 4.65. The fourth-order valence-corrected chi connectivity index (χ4v) is 1.94. The second-order valence-electron chi connectivity index (χ2n) is 4.65. The molecular formula is C16H26O. The molecule has 0 unspecified atom stereocenters. The lowest BCUT2D eigenvalue weighted by Gasteiger charge is -1.96. The molecule has 0 spiro atoms. The van der Waals surface area contributed by atoms with Crippen LogP contribution in [0.1, 0.15) is 64.1 Å². The van der Waals surface area contributed by atoms with E-state index in [0.717, 1.165) is 12.2 Å². The van der Waals surface area contributed by atoms with Crippen molar-refractivity contribution in [1.82, 2.24) is 0 Å². The molecular weight excluding hydrogens is 208 g/mol. The van der Waals surface area contributed by atoms with Crippen LogP contribution in [0.3, 0.4) is 0 Å². The van der Waals surface area contributed by atoms with Gasteiger partial charge in [0.25, 0.3) is 0 Å². The second kappa shape index (κ2) is 10.2. The summed E-state index contributed by atoms with van der Waals surface area (Å²) < 4.78 is 5.30. The van der Waals surface area contributed by atoms with E-state index in [2.05, 4.69) is 25.1 Å². The molecule has 0 bridgehead atoms. The van der Waals surface area contributed by atoms with Crippen molar-refractivity contribution in [3.05, 3.63) is 36.3 Å². The van der Waals surface area contributed by atoms with Gasteiger partial charge in [-0.25, -0.2) is 0 Å². The van der Waals surface area contributed by atoms with Crippen molar-refractivity contribution in [2.75, 3.05) is 0 Å². The first kappa shape index (κ1) is 14.1. The highest BCUT2D eigenvalue weighted by Crippen LogP contribution is 2.08. The van der Waals surface area contributed by atoms with Crippen molar-refractivity contribution in [2.45, 2.75) is 64.7 Å². The Morgan fingerprint density at radius 1 is 1.00 bits per heavy atom. The molecule has 0 radical (unpaired) electrons. The Bertz CT molecular complexity index is 272. The predicted octanol–water partition coefficient (Wildman–Crippen LogP) is 5.52. The first-order valence-corrected chi connectivity index (χ1v) is 7.11. The lowest BCUT2D eigenvalue weighted by molar-refractivity contribution is 0.498. The summed E-state index contributed by atoms with van der Waals surface area (Å²) in [5.41, 5.74) is 0. The highest BCUT2D eigenvalue weighted by Gasteiger charge is 1.93. The van der Waals surface area contributed by atoms with Crippen LogP contribution in [0.2, 0.25) is 0 Å². The highest BCUT2D eigenvalue weighted by molar-refractivity contribution is 4.97. The minimum atomic E-state index is 1.08. The van der Waals surface area contributed by atoms with Crippen LogP contribution < -0.4 is 0 Å². The van der Waals surface area contributed by atoms with Gasteiger partial charge in [-0.15, -0.1) is 0 Å². The van der Waals surface area contributed by atoms with Gasteiger partial charge in [0.2, 0.25) is 0 Å². The van der Waals surface area contributed by atoms with Gasteiger partial charge in [-0.3, -0.25) is 0 Å². The summed E-state index contributed by atoms with van der Waals surface area (Å²) in [4.78, 5) is 0. The van der Waals surface area contributed by atoms with Crippen LogP contribution in [0, 0.1) is 0 Å². The Hall–Kier alpha value is -0.980. The van der Waals surface area contributed by atoms with Crippen molar-refractivity contribution >= 4 is 0 Å². The number of aryl methyl sites for hydroxylation is 1. The molecule has 0 atom stereocenters. The fraction of sp³-hybridized carbons (Fsp3) is 0.625. The Kier molecular flexibility index (Phi) is 8.44. The number of rotatable bonds is 10. The topological polar surface area (TPSA) is 13.1 Å². The maximum absolute atomic E-state index is 5.30. The Morgan fingerprint density at radius 3 is 2.41 bits per heavy atom. The summed E-state index contributed by atoms with van der Waals surface area (Å²) in [5, 5.41) is 0. The van der Waals surface area contributed by atoms with E-state index in [9.17, 15) is 0 Å². The SMILES string of the molecule is CCCCCC/C=C\CCCCc1ccco1. The lowest BCUT2D eigenvalue weighted by Crippen LogP contribution is -1.81. The number of allylic oxidation sites excluding steroid dienone is 2. The van der Waals surface area contributed by atoms with E-state index >= 15 is 0 Å². The zero-order chi connectivity index (χ0) is 12.2. The lowest BCUT2D eigenvalue weighted by atomic mass is 10.1. The van der Waals surface area contributed by atoms with Gasteiger partial charge in [-0.05, 0) is 44.2 Å². The van der Waals surface area contributed by atoms with Crippen LogP contribution >= 0.6 is 0 Å². The molecule has 0 aliphatic carbocycles.